The summed E-state index contributed by atoms with van der Waals surface area (Å²) in [7, 11) is 0. The molecule has 0 radical (unpaired) electrons. The lowest BCUT2D eigenvalue weighted by Gasteiger charge is -2.25. The number of carbonyl (C=O) groups is 1. The molecule has 3 aromatic rings. The summed E-state index contributed by atoms with van der Waals surface area (Å²) in [6.45, 7) is 3.53. The molecule has 0 fully saturated rings. The van der Waals surface area contributed by atoms with Crippen molar-refractivity contribution in [2.45, 2.75) is 13.8 Å². The molecule has 0 spiro atoms. The van der Waals surface area contributed by atoms with Gasteiger partial charge in [-0.3, -0.25) is 4.79 Å². The van der Waals surface area contributed by atoms with Gasteiger partial charge in [0.05, 0.1) is 0 Å². The summed E-state index contributed by atoms with van der Waals surface area (Å²) in [5.74, 6) is -0.250. The normalized spacial score (nSPS) is 9.88. The van der Waals surface area contributed by atoms with Crippen LogP contribution in [0.2, 0.25) is 0 Å². The van der Waals surface area contributed by atoms with Crippen LogP contribution in [0.1, 0.15) is 13.8 Å². The van der Waals surface area contributed by atoms with Crippen LogP contribution in [0.5, 0.6) is 0 Å². The maximum Gasteiger partial charge on any atom is 0.219 e. The Morgan fingerprint density at radius 3 is 1.12 bits per heavy atom. The lowest BCUT2D eigenvalue weighted by molar-refractivity contribution is -0.120. The summed E-state index contributed by atoms with van der Waals surface area (Å²) in [5, 5.41) is 0. The molecular weight excluding hydrogens is 308 g/mol. The average molecular weight is 332 g/mol. The van der Waals surface area contributed by atoms with Crippen LogP contribution in [0.4, 0.5) is 17.1 Å². The molecule has 0 unspecified atom stereocenters. The molecule has 25 heavy (non-hydrogen) atoms. The Labute approximate surface area is 149 Å². The minimum atomic E-state index is -0.241. The highest BCUT2D eigenvalue weighted by Gasteiger charge is 2.10. The maximum absolute atomic E-state index is 9.92. The predicted molar refractivity (Wildman–Crippen MR) is 105 cm³/mol. The molecule has 0 heterocycles. The van der Waals surface area contributed by atoms with Gasteiger partial charge in [-0.25, -0.2) is 0 Å². The van der Waals surface area contributed by atoms with Crippen molar-refractivity contribution in [2.75, 3.05) is 4.90 Å². The highest BCUT2D eigenvalue weighted by molar-refractivity contribution is 5.76. The van der Waals surface area contributed by atoms with Crippen LogP contribution < -0.4 is 10.6 Å². The second-order valence-corrected chi connectivity index (χ2v) is 5.90. The van der Waals surface area contributed by atoms with Gasteiger partial charge in [-0.05, 0) is 36.4 Å². The number of nitrogens with zero attached hydrogens (tertiary/aromatic N) is 1. The molecule has 0 aliphatic rings. The van der Waals surface area contributed by atoms with Gasteiger partial charge in [0, 0.05) is 23.0 Å². The van der Waals surface area contributed by atoms with Gasteiger partial charge in [0.1, 0.15) is 0 Å². The van der Waals surface area contributed by atoms with E-state index >= 15 is 0 Å². The van der Waals surface area contributed by atoms with Crippen LogP contribution in [0.15, 0.2) is 91.0 Å². The standard InChI is InChI=1S/C18H15N.C4H9NO/c1-4-10-16(11-5-1)19(17-12-6-2-7-13-17)18-14-8-3-9-15-18;1-3(2)4(5)6/h1-15H;3H,1-2H3,(H2,5,6). The van der Waals surface area contributed by atoms with Crippen LogP contribution in [0.3, 0.4) is 0 Å². The number of amides is 1. The average Bonchev–Trinajstić information content (AvgIpc) is 2.65. The van der Waals surface area contributed by atoms with Gasteiger partial charge < -0.3 is 10.6 Å². The fourth-order valence-corrected chi connectivity index (χ4v) is 2.18. The largest absolute Gasteiger partial charge is 0.369 e. The third-order valence-electron chi connectivity index (χ3n) is 3.61. The van der Waals surface area contributed by atoms with Gasteiger partial charge >= 0.3 is 0 Å². The fourth-order valence-electron chi connectivity index (χ4n) is 2.18. The Kier molecular flexibility index (Phi) is 6.78. The molecule has 3 heteroatoms. The first-order valence-electron chi connectivity index (χ1n) is 8.34. The Hall–Kier alpha value is -3.07. The summed E-state index contributed by atoms with van der Waals surface area (Å²) < 4.78 is 0. The Balaban J connectivity index is 0.000000326. The van der Waals surface area contributed by atoms with Gasteiger partial charge in [0.2, 0.25) is 5.91 Å². The SMILES string of the molecule is CC(C)C(N)=O.c1ccc(N(c2ccccc2)c2ccccc2)cc1. The zero-order valence-corrected chi connectivity index (χ0v) is 14.7. The molecule has 0 saturated heterocycles. The van der Waals surface area contributed by atoms with Crippen LogP contribution in [0, 0.1) is 5.92 Å². The zero-order chi connectivity index (χ0) is 18.1. The number of hydrogen-bond acceptors (Lipinski definition) is 2. The van der Waals surface area contributed by atoms with E-state index in [4.69, 9.17) is 5.73 Å². The summed E-state index contributed by atoms with van der Waals surface area (Å²) in [6, 6.07) is 31.3. The Bertz CT molecular complexity index is 662. The molecule has 1 amide bonds. The molecule has 3 rings (SSSR count). The van der Waals surface area contributed by atoms with E-state index in [1.54, 1.807) is 13.8 Å². The van der Waals surface area contributed by atoms with E-state index in [2.05, 4.69) is 77.7 Å². The first-order valence-corrected chi connectivity index (χ1v) is 8.34. The van der Waals surface area contributed by atoms with Gasteiger partial charge in [0.15, 0.2) is 0 Å². The molecule has 0 aromatic heterocycles. The van der Waals surface area contributed by atoms with Gasteiger partial charge in [0.25, 0.3) is 0 Å². The third kappa shape index (κ3) is 5.50. The van der Waals surface area contributed by atoms with Crippen molar-refractivity contribution < 1.29 is 4.79 Å². The van der Waals surface area contributed by atoms with Gasteiger partial charge in [-0.1, -0.05) is 68.4 Å². The van der Waals surface area contributed by atoms with Crippen molar-refractivity contribution >= 4 is 23.0 Å². The van der Waals surface area contributed by atoms with Crippen molar-refractivity contribution in [3.05, 3.63) is 91.0 Å². The highest BCUT2D eigenvalue weighted by Crippen LogP contribution is 2.33. The Morgan fingerprint density at radius 1 is 0.680 bits per heavy atom. The van der Waals surface area contributed by atoms with E-state index < -0.39 is 0 Å². The number of rotatable bonds is 4. The van der Waals surface area contributed by atoms with Gasteiger partial charge in [-0.2, -0.15) is 0 Å². The summed E-state index contributed by atoms with van der Waals surface area (Å²) in [5.41, 5.74) is 8.30. The maximum atomic E-state index is 9.92. The topological polar surface area (TPSA) is 46.3 Å². The van der Waals surface area contributed by atoms with E-state index in [1.807, 2.05) is 18.2 Å². The number of primary amides is 1. The van der Waals surface area contributed by atoms with E-state index in [1.165, 1.54) is 17.1 Å². The number of benzene rings is 3. The minimum absolute atomic E-state index is 0.00926. The molecule has 0 atom stereocenters. The smallest absolute Gasteiger partial charge is 0.219 e. The summed E-state index contributed by atoms with van der Waals surface area (Å²) in [6.07, 6.45) is 0. The van der Waals surface area contributed by atoms with Crippen molar-refractivity contribution in [2.24, 2.45) is 11.7 Å². The number of nitrogens with two attached hydrogens (primary N) is 1. The van der Waals surface area contributed by atoms with Crippen LogP contribution in [0.25, 0.3) is 0 Å². The second-order valence-electron chi connectivity index (χ2n) is 5.90. The zero-order valence-electron chi connectivity index (χ0n) is 14.7. The monoisotopic (exact) mass is 332 g/mol. The highest BCUT2D eigenvalue weighted by atomic mass is 16.1. The molecule has 3 nitrogen and oxygen atoms in total. The molecule has 0 aliphatic carbocycles. The van der Waals surface area contributed by atoms with Crippen LogP contribution in [-0.4, -0.2) is 5.91 Å². The predicted octanol–water partition coefficient (Wildman–Crippen LogP) is 5.28. The second kappa shape index (κ2) is 9.28. The number of hydrogen-bond donors (Lipinski definition) is 1. The lowest BCUT2D eigenvalue weighted by Crippen LogP contribution is -2.17. The van der Waals surface area contributed by atoms with E-state index in [-0.39, 0.29) is 11.8 Å². The first kappa shape index (κ1) is 18.3. The molecule has 0 saturated carbocycles. The number of carbonyl (C=O) groups excluding carboxylic acids is 1. The molecular formula is C22H24N2O. The molecule has 3 aromatic carbocycles. The molecule has 0 aliphatic heterocycles. The van der Waals surface area contributed by atoms with Crippen LogP contribution in [-0.2, 0) is 4.79 Å². The molecule has 0 bridgehead atoms. The number of para-hydroxylation sites is 3. The van der Waals surface area contributed by atoms with Crippen molar-refractivity contribution in [3.63, 3.8) is 0 Å². The third-order valence-corrected chi connectivity index (χ3v) is 3.61. The van der Waals surface area contributed by atoms with Crippen molar-refractivity contribution in [1.29, 1.82) is 0 Å². The molecule has 128 valence electrons. The van der Waals surface area contributed by atoms with Crippen molar-refractivity contribution in [1.82, 2.24) is 0 Å². The first-order chi connectivity index (χ1) is 12.1. The van der Waals surface area contributed by atoms with Crippen molar-refractivity contribution in [3.8, 4) is 0 Å². The van der Waals surface area contributed by atoms with E-state index in [0.717, 1.165) is 0 Å². The quantitative estimate of drug-likeness (QED) is 0.706. The summed E-state index contributed by atoms with van der Waals surface area (Å²) >= 11 is 0. The van der Waals surface area contributed by atoms with E-state index in [9.17, 15) is 4.79 Å². The van der Waals surface area contributed by atoms with Gasteiger partial charge in [-0.15, -0.1) is 0 Å². The Morgan fingerprint density at radius 2 is 0.920 bits per heavy atom. The number of anilines is 3. The summed E-state index contributed by atoms with van der Waals surface area (Å²) in [4.78, 5) is 12.2. The fraction of sp³-hybridized carbons (Fsp3) is 0.136. The minimum Gasteiger partial charge on any atom is -0.369 e. The van der Waals surface area contributed by atoms with Crippen LogP contribution >= 0.6 is 0 Å². The lowest BCUT2D eigenvalue weighted by atomic mass is 10.2. The molecule has 2 N–H and O–H groups in total. The van der Waals surface area contributed by atoms with E-state index in [0.29, 0.717) is 0 Å².